The molecule has 4 rings (SSSR count). The number of amides is 1. The summed E-state index contributed by atoms with van der Waals surface area (Å²) in [5.41, 5.74) is 0.935. The third-order valence-corrected chi connectivity index (χ3v) is 7.72. The number of carbonyl (C=O) groups is 1. The van der Waals surface area contributed by atoms with Crippen LogP contribution in [0.5, 0.6) is 0 Å². The first-order valence-corrected chi connectivity index (χ1v) is 11.4. The van der Waals surface area contributed by atoms with Crippen LogP contribution in [0.2, 0.25) is 0 Å². The SMILES string of the molecule is Cc1ncc(C(=O)N2CCOCC2)c([C@H]2CCCN2S(=O)(=O)N2CCCC2)n1. The molecule has 0 unspecified atom stereocenters. The molecule has 1 aromatic heterocycles. The molecule has 0 aromatic carbocycles. The number of aromatic nitrogens is 2. The Kier molecular flexibility index (Phi) is 5.64. The predicted molar refractivity (Wildman–Crippen MR) is 102 cm³/mol. The molecule has 0 bridgehead atoms. The number of ether oxygens (including phenoxy) is 1. The number of aryl methyl sites for hydroxylation is 1. The van der Waals surface area contributed by atoms with Gasteiger partial charge in [0.05, 0.1) is 30.5 Å². The number of hydrogen-bond donors (Lipinski definition) is 0. The summed E-state index contributed by atoms with van der Waals surface area (Å²) in [6, 6.07) is -0.424. The van der Waals surface area contributed by atoms with E-state index in [2.05, 4.69) is 9.97 Å². The van der Waals surface area contributed by atoms with E-state index in [1.165, 1.54) is 4.31 Å². The minimum Gasteiger partial charge on any atom is -0.378 e. The number of nitrogens with zero attached hydrogens (tertiary/aromatic N) is 5. The van der Waals surface area contributed by atoms with E-state index in [4.69, 9.17) is 4.74 Å². The maximum atomic E-state index is 13.2. The normalized spacial score (nSPS) is 24.8. The van der Waals surface area contributed by atoms with Crippen LogP contribution >= 0.6 is 0 Å². The molecule has 154 valence electrons. The van der Waals surface area contributed by atoms with Gasteiger partial charge in [-0.1, -0.05) is 0 Å². The average molecular weight is 410 g/mol. The monoisotopic (exact) mass is 409 g/mol. The van der Waals surface area contributed by atoms with Crippen molar-refractivity contribution in [1.29, 1.82) is 0 Å². The van der Waals surface area contributed by atoms with Gasteiger partial charge in [0.1, 0.15) is 5.82 Å². The molecule has 4 heterocycles. The molecule has 3 aliphatic heterocycles. The minimum atomic E-state index is -3.55. The summed E-state index contributed by atoms with van der Waals surface area (Å²) in [6.45, 7) is 5.40. The fourth-order valence-corrected chi connectivity index (χ4v) is 6.10. The summed E-state index contributed by atoms with van der Waals surface area (Å²) in [7, 11) is -3.55. The van der Waals surface area contributed by atoms with Crippen molar-refractivity contribution in [2.24, 2.45) is 0 Å². The summed E-state index contributed by atoms with van der Waals surface area (Å²) in [5, 5.41) is 0. The largest absolute Gasteiger partial charge is 0.378 e. The Morgan fingerprint density at radius 3 is 2.54 bits per heavy atom. The highest BCUT2D eigenvalue weighted by molar-refractivity contribution is 7.86. The molecular weight excluding hydrogens is 382 g/mol. The molecule has 28 heavy (non-hydrogen) atoms. The van der Waals surface area contributed by atoms with Crippen LogP contribution in [0.3, 0.4) is 0 Å². The van der Waals surface area contributed by atoms with Crippen LogP contribution in [-0.2, 0) is 14.9 Å². The molecule has 3 fully saturated rings. The molecule has 0 N–H and O–H groups in total. The fourth-order valence-electron chi connectivity index (χ4n) is 4.20. The van der Waals surface area contributed by atoms with Crippen molar-refractivity contribution in [2.45, 2.75) is 38.6 Å². The maximum Gasteiger partial charge on any atom is 0.282 e. The number of hydrogen-bond acceptors (Lipinski definition) is 6. The van der Waals surface area contributed by atoms with Gasteiger partial charge in [0.15, 0.2) is 0 Å². The zero-order chi connectivity index (χ0) is 19.7. The third-order valence-electron chi connectivity index (χ3n) is 5.67. The van der Waals surface area contributed by atoms with Gasteiger partial charge in [-0.15, -0.1) is 0 Å². The van der Waals surface area contributed by atoms with Crippen LogP contribution in [0.25, 0.3) is 0 Å². The van der Waals surface area contributed by atoms with E-state index in [1.807, 2.05) is 0 Å². The van der Waals surface area contributed by atoms with Gasteiger partial charge in [0, 0.05) is 38.9 Å². The van der Waals surface area contributed by atoms with Crippen molar-refractivity contribution in [3.8, 4) is 0 Å². The van der Waals surface area contributed by atoms with Crippen LogP contribution in [-0.4, -0.2) is 83.7 Å². The highest BCUT2D eigenvalue weighted by atomic mass is 32.2. The zero-order valence-electron chi connectivity index (χ0n) is 16.2. The average Bonchev–Trinajstić information content (AvgIpc) is 3.40. The van der Waals surface area contributed by atoms with E-state index >= 15 is 0 Å². The molecule has 1 amide bonds. The first-order chi connectivity index (χ1) is 13.5. The van der Waals surface area contributed by atoms with Crippen LogP contribution in [0.15, 0.2) is 6.20 Å². The van der Waals surface area contributed by atoms with Crippen LogP contribution in [0, 0.1) is 6.92 Å². The molecule has 9 nitrogen and oxygen atoms in total. The van der Waals surface area contributed by atoms with E-state index < -0.39 is 16.3 Å². The molecular formula is C18H27N5O4S. The van der Waals surface area contributed by atoms with Gasteiger partial charge in [0.2, 0.25) is 0 Å². The van der Waals surface area contributed by atoms with Crippen LogP contribution in [0.4, 0.5) is 0 Å². The van der Waals surface area contributed by atoms with Gasteiger partial charge in [-0.05, 0) is 32.6 Å². The molecule has 1 atom stereocenters. The summed E-state index contributed by atoms with van der Waals surface area (Å²) in [5.74, 6) is 0.391. The summed E-state index contributed by atoms with van der Waals surface area (Å²) in [4.78, 5) is 23.6. The number of carbonyl (C=O) groups excluding carboxylic acids is 1. The van der Waals surface area contributed by atoms with Gasteiger partial charge in [-0.3, -0.25) is 4.79 Å². The van der Waals surface area contributed by atoms with Gasteiger partial charge < -0.3 is 9.64 Å². The lowest BCUT2D eigenvalue weighted by atomic mass is 10.1. The summed E-state index contributed by atoms with van der Waals surface area (Å²) >= 11 is 0. The Balaban J connectivity index is 1.67. The lowest BCUT2D eigenvalue weighted by Crippen LogP contribution is -2.44. The Morgan fingerprint density at radius 1 is 1.11 bits per heavy atom. The van der Waals surface area contributed by atoms with Crippen molar-refractivity contribution < 1.29 is 17.9 Å². The van der Waals surface area contributed by atoms with Crippen molar-refractivity contribution >= 4 is 16.1 Å². The second-order valence-corrected chi connectivity index (χ2v) is 9.38. The lowest BCUT2D eigenvalue weighted by molar-refractivity contribution is 0.0300. The highest BCUT2D eigenvalue weighted by Crippen LogP contribution is 2.37. The Bertz CT molecular complexity index is 834. The fraction of sp³-hybridized carbons (Fsp3) is 0.722. The summed E-state index contributed by atoms with van der Waals surface area (Å²) in [6.07, 6.45) is 4.75. The standard InChI is InChI=1S/C18H27N5O4S/c1-14-19-13-15(18(24)21-9-11-27-12-10-21)17(20-14)16-5-4-8-23(16)28(25,26)22-6-2-3-7-22/h13,16H,2-12H2,1H3/t16-/m1/s1. The van der Waals surface area contributed by atoms with E-state index in [0.29, 0.717) is 69.4 Å². The van der Waals surface area contributed by atoms with Crippen molar-refractivity contribution in [2.75, 3.05) is 45.9 Å². The van der Waals surface area contributed by atoms with Crippen molar-refractivity contribution in [1.82, 2.24) is 23.5 Å². The molecule has 1 aromatic rings. The quantitative estimate of drug-likeness (QED) is 0.728. The molecule has 0 spiro atoms. The molecule has 3 saturated heterocycles. The molecule has 0 aliphatic carbocycles. The van der Waals surface area contributed by atoms with Gasteiger partial charge in [-0.2, -0.15) is 17.0 Å². The van der Waals surface area contributed by atoms with Gasteiger partial charge >= 0.3 is 0 Å². The first-order valence-electron chi connectivity index (χ1n) is 9.96. The van der Waals surface area contributed by atoms with E-state index in [9.17, 15) is 13.2 Å². The topological polar surface area (TPSA) is 95.9 Å². The minimum absolute atomic E-state index is 0.149. The van der Waals surface area contributed by atoms with Crippen LogP contribution in [0.1, 0.15) is 53.6 Å². The molecule has 3 aliphatic rings. The Morgan fingerprint density at radius 2 is 1.82 bits per heavy atom. The second-order valence-electron chi connectivity index (χ2n) is 7.50. The van der Waals surface area contributed by atoms with Crippen molar-refractivity contribution in [3.05, 3.63) is 23.3 Å². The number of rotatable bonds is 4. The molecule has 0 saturated carbocycles. The van der Waals surface area contributed by atoms with E-state index in [1.54, 1.807) is 22.3 Å². The molecule has 10 heteroatoms. The third kappa shape index (κ3) is 3.66. The van der Waals surface area contributed by atoms with Gasteiger partial charge in [-0.25, -0.2) is 9.97 Å². The number of morpholine rings is 1. The van der Waals surface area contributed by atoms with E-state index in [0.717, 1.165) is 19.3 Å². The highest BCUT2D eigenvalue weighted by Gasteiger charge is 2.42. The Hall–Kier alpha value is -1.62. The smallest absolute Gasteiger partial charge is 0.282 e. The maximum absolute atomic E-state index is 13.2. The predicted octanol–water partition coefficient (Wildman–Crippen LogP) is 0.735. The second kappa shape index (κ2) is 8.02. The zero-order valence-corrected chi connectivity index (χ0v) is 17.0. The lowest BCUT2D eigenvalue weighted by Gasteiger charge is -2.31. The van der Waals surface area contributed by atoms with Crippen LogP contribution < -0.4 is 0 Å². The van der Waals surface area contributed by atoms with E-state index in [-0.39, 0.29) is 5.91 Å². The Labute approximate surface area is 165 Å². The molecule has 0 radical (unpaired) electrons. The van der Waals surface area contributed by atoms with Gasteiger partial charge in [0.25, 0.3) is 16.1 Å². The summed E-state index contributed by atoms with van der Waals surface area (Å²) < 4.78 is 34.8. The first kappa shape index (κ1) is 19.7. The van der Waals surface area contributed by atoms with Crippen molar-refractivity contribution in [3.63, 3.8) is 0 Å².